The highest BCUT2D eigenvalue weighted by Crippen LogP contribution is 2.20. The number of anilines is 2. The summed E-state index contributed by atoms with van der Waals surface area (Å²) in [5.41, 5.74) is 0.505. The molecular formula is C13H10ClFN2O2. The summed E-state index contributed by atoms with van der Waals surface area (Å²) in [6.07, 6.45) is 0. The van der Waals surface area contributed by atoms with E-state index < -0.39 is 11.8 Å². The molecule has 2 amide bonds. The molecule has 0 heterocycles. The van der Waals surface area contributed by atoms with Crippen LogP contribution in [0.3, 0.4) is 0 Å². The lowest BCUT2D eigenvalue weighted by Crippen LogP contribution is -2.20. The monoisotopic (exact) mass is 280 g/mol. The van der Waals surface area contributed by atoms with Crippen LogP contribution in [0.25, 0.3) is 0 Å². The van der Waals surface area contributed by atoms with Gasteiger partial charge in [-0.3, -0.25) is 0 Å². The molecule has 0 saturated heterocycles. The van der Waals surface area contributed by atoms with Crippen LogP contribution in [0.2, 0.25) is 5.02 Å². The first kappa shape index (κ1) is 13.2. The molecule has 19 heavy (non-hydrogen) atoms. The molecule has 0 aliphatic heterocycles. The summed E-state index contributed by atoms with van der Waals surface area (Å²) in [5.74, 6) is -0.924. The van der Waals surface area contributed by atoms with E-state index in [1.165, 1.54) is 12.1 Å². The highest BCUT2D eigenvalue weighted by molar-refractivity contribution is 6.30. The van der Waals surface area contributed by atoms with Crippen molar-refractivity contribution in [1.82, 2.24) is 0 Å². The third-order valence-electron chi connectivity index (χ3n) is 2.30. The number of urea groups is 1. The van der Waals surface area contributed by atoms with Crippen LogP contribution in [0.4, 0.5) is 20.6 Å². The van der Waals surface area contributed by atoms with E-state index in [9.17, 15) is 9.18 Å². The van der Waals surface area contributed by atoms with Gasteiger partial charge in [0.2, 0.25) is 0 Å². The fraction of sp³-hybridized carbons (Fsp3) is 0. The number of phenolic OH excluding ortho intramolecular Hbond substituents is 1. The molecule has 4 nitrogen and oxygen atoms in total. The average Bonchev–Trinajstić information content (AvgIpc) is 2.36. The lowest BCUT2D eigenvalue weighted by Gasteiger charge is -2.08. The van der Waals surface area contributed by atoms with Gasteiger partial charge in [0.1, 0.15) is 11.6 Å². The van der Waals surface area contributed by atoms with E-state index in [1.54, 1.807) is 24.3 Å². The molecule has 2 rings (SSSR count). The zero-order valence-electron chi connectivity index (χ0n) is 9.65. The van der Waals surface area contributed by atoms with E-state index in [0.717, 1.165) is 6.07 Å². The molecule has 0 unspecified atom stereocenters. The molecule has 0 fully saturated rings. The third-order valence-corrected chi connectivity index (χ3v) is 2.55. The number of hydrogen-bond donors (Lipinski definition) is 3. The summed E-state index contributed by atoms with van der Waals surface area (Å²) in [4.78, 5) is 11.6. The number of aromatic hydroxyl groups is 1. The quantitative estimate of drug-likeness (QED) is 0.732. The number of carbonyl (C=O) groups excluding carboxylic acids is 1. The highest BCUT2D eigenvalue weighted by atomic mass is 35.5. The Morgan fingerprint density at radius 3 is 2.42 bits per heavy atom. The fourth-order valence-corrected chi connectivity index (χ4v) is 1.55. The first-order valence-corrected chi connectivity index (χ1v) is 5.74. The fourth-order valence-electron chi connectivity index (χ4n) is 1.42. The number of carbonyl (C=O) groups is 1. The third kappa shape index (κ3) is 3.59. The van der Waals surface area contributed by atoms with Crippen LogP contribution in [0, 0.1) is 5.82 Å². The molecule has 0 saturated carbocycles. The molecule has 0 radical (unpaired) electrons. The maximum atomic E-state index is 13.4. The van der Waals surface area contributed by atoms with Crippen molar-refractivity contribution in [2.45, 2.75) is 0 Å². The summed E-state index contributed by atoms with van der Waals surface area (Å²) in [5, 5.41) is 14.5. The van der Waals surface area contributed by atoms with Crippen LogP contribution in [0.1, 0.15) is 0 Å². The molecule has 0 aromatic heterocycles. The molecule has 0 spiro atoms. The molecule has 0 bridgehead atoms. The van der Waals surface area contributed by atoms with Gasteiger partial charge in [0.25, 0.3) is 0 Å². The second-order valence-electron chi connectivity index (χ2n) is 3.75. The highest BCUT2D eigenvalue weighted by Gasteiger charge is 2.07. The molecule has 2 aromatic rings. The molecule has 98 valence electrons. The maximum absolute atomic E-state index is 13.4. The first-order valence-electron chi connectivity index (χ1n) is 5.37. The van der Waals surface area contributed by atoms with Crippen molar-refractivity contribution < 1.29 is 14.3 Å². The number of amides is 2. The molecule has 0 aliphatic rings. The largest absolute Gasteiger partial charge is 0.508 e. The van der Waals surface area contributed by atoms with Gasteiger partial charge < -0.3 is 15.7 Å². The van der Waals surface area contributed by atoms with E-state index in [0.29, 0.717) is 10.7 Å². The zero-order chi connectivity index (χ0) is 13.8. The summed E-state index contributed by atoms with van der Waals surface area (Å²) in [7, 11) is 0. The Morgan fingerprint density at radius 2 is 1.79 bits per heavy atom. The van der Waals surface area contributed by atoms with Gasteiger partial charge in [0.15, 0.2) is 0 Å². The molecule has 0 aliphatic carbocycles. The van der Waals surface area contributed by atoms with Crippen LogP contribution in [0.15, 0.2) is 42.5 Å². The van der Waals surface area contributed by atoms with E-state index in [-0.39, 0.29) is 11.4 Å². The summed E-state index contributed by atoms with van der Waals surface area (Å²) in [6.45, 7) is 0. The molecule has 0 atom stereocenters. The van der Waals surface area contributed by atoms with Gasteiger partial charge in [-0.05, 0) is 36.4 Å². The number of phenols is 1. The molecule has 6 heteroatoms. The summed E-state index contributed by atoms with van der Waals surface area (Å²) in [6, 6.07) is 9.36. The Hall–Kier alpha value is -2.27. The van der Waals surface area contributed by atoms with Crippen LogP contribution < -0.4 is 10.6 Å². The Morgan fingerprint density at radius 1 is 1.11 bits per heavy atom. The normalized spacial score (nSPS) is 10.0. The van der Waals surface area contributed by atoms with Crippen molar-refractivity contribution in [1.29, 1.82) is 0 Å². The molecule has 3 N–H and O–H groups in total. The van der Waals surface area contributed by atoms with Crippen molar-refractivity contribution >= 4 is 29.0 Å². The zero-order valence-corrected chi connectivity index (χ0v) is 10.4. The smallest absolute Gasteiger partial charge is 0.323 e. The van der Waals surface area contributed by atoms with E-state index in [4.69, 9.17) is 16.7 Å². The number of benzene rings is 2. The van der Waals surface area contributed by atoms with Gasteiger partial charge in [-0.25, -0.2) is 9.18 Å². The van der Waals surface area contributed by atoms with Gasteiger partial charge in [-0.2, -0.15) is 0 Å². The Balaban J connectivity index is 2.03. The van der Waals surface area contributed by atoms with Gasteiger partial charge in [0, 0.05) is 16.8 Å². The van der Waals surface area contributed by atoms with Crippen molar-refractivity contribution in [2.24, 2.45) is 0 Å². The minimum Gasteiger partial charge on any atom is -0.508 e. The van der Waals surface area contributed by atoms with Crippen LogP contribution in [0.5, 0.6) is 5.75 Å². The van der Waals surface area contributed by atoms with Crippen molar-refractivity contribution in [2.75, 3.05) is 10.6 Å². The molecule has 2 aromatic carbocycles. The van der Waals surface area contributed by atoms with Crippen LogP contribution >= 0.6 is 11.6 Å². The second-order valence-corrected chi connectivity index (χ2v) is 4.19. The number of hydrogen-bond acceptors (Lipinski definition) is 2. The first-order chi connectivity index (χ1) is 9.04. The van der Waals surface area contributed by atoms with Gasteiger partial charge >= 0.3 is 6.03 Å². The number of halogens is 2. The predicted octanol–water partition coefficient (Wildman–Crippen LogP) is 3.83. The standard InChI is InChI=1S/C13H10ClFN2O2/c14-8-1-3-9(4-2-8)16-13(19)17-12-6-5-10(18)7-11(12)15/h1-7,18H,(H2,16,17,19). The lowest BCUT2D eigenvalue weighted by molar-refractivity contribution is 0.262. The minimum atomic E-state index is -0.716. The van der Waals surface area contributed by atoms with Crippen molar-refractivity contribution in [3.63, 3.8) is 0 Å². The SMILES string of the molecule is O=C(Nc1ccc(Cl)cc1)Nc1ccc(O)cc1F. The summed E-state index contributed by atoms with van der Waals surface area (Å²) >= 11 is 5.71. The molecular weight excluding hydrogens is 271 g/mol. The lowest BCUT2D eigenvalue weighted by atomic mass is 10.3. The van der Waals surface area contributed by atoms with Crippen LogP contribution in [-0.4, -0.2) is 11.1 Å². The number of nitrogens with one attached hydrogen (secondary N) is 2. The second kappa shape index (κ2) is 5.58. The van der Waals surface area contributed by atoms with Gasteiger partial charge in [-0.1, -0.05) is 11.6 Å². The minimum absolute atomic E-state index is 0.0238. The van der Waals surface area contributed by atoms with E-state index in [2.05, 4.69) is 10.6 Å². The topological polar surface area (TPSA) is 61.4 Å². The predicted molar refractivity (Wildman–Crippen MR) is 72.2 cm³/mol. The van der Waals surface area contributed by atoms with Gasteiger partial charge in [0.05, 0.1) is 5.69 Å². The summed E-state index contributed by atoms with van der Waals surface area (Å²) < 4.78 is 13.4. The van der Waals surface area contributed by atoms with E-state index in [1.807, 2.05) is 0 Å². The van der Waals surface area contributed by atoms with Crippen LogP contribution in [-0.2, 0) is 0 Å². The maximum Gasteiger partial charge on any atom is 0.323 e. The van der Waals surface area contributed by atoms with Crippen molar-refractivity contribution in [3.8, 4) is 5.75 Å². The Labute approximate surface area is 113 Å². The van der Waals surface area contributed by atoms with E-state index >= 15 is 0 Å². The van der Waals surface area contributed by atoms with Crippen molar-refractivity contribution in [3.05, 3.63) is 53.3 Å². The Bertz CT molecular complexity index is 602. The average molecular weight is 281 g/mol. The van der Waals surface area contributed by atoms with Gasteiger partial charge in [-0.15, -0.1) is 0 Å². The Kier molecular flexibility index (Phi) is 3.87. The number of rotatable bonds is 2.